The van der Waals surface area contributed by atoms with Gasteiger partial charge in [-0.05, 0) is 119 Å². The molecule has 9 heteroatoms. The van der Waals surface area contributed by atoms with Crippen LogP contribution in [0.4, 0.5) is 19.7 Å². The Balaban J connectivity index is 1.40. The molecule has 1 N–H and O–H groups in total. The van der Waals surface area contributed by atoms with Crippen molar-refractivity contribution in [1.82, 2.24) is 9.80 Å². The third-order valence-electron chi connectivity index (χ3n) is 7.42. The van der Waals surface area contributed by atoms with Crippen molar-refractivity contribution >= 4 is 34.9 Å². The lowest BCUT2D eigenvalue weighted by Gasteiger charge is -2.30. The summed E-state index contributed by atoms with van der Waals surface area (Å²) in [5.74, 6) is -0.380. The van der Waals surface area contributed by atoms with Crippen LogP contribution in [-0.2, 0) is 16.1 Å². The fourth-order valence-electron chi connectivity index (χ4n) is 5.26. The minimum Gasteiger partial charge on any atom is -0.444 e. The number of aryl methyl sites for hydroxylation is 1. The Morgan fingerprint density at radius 2 is 1.39 bits per heavy atom. The first-order valence-corrected chi connectivity index (χ1v) is 15.1. The van der Waals surface area contributed by atoms with E-state index < -0.39 is 17.9 Å². The first-order valence-electron chi connectivity index (χ1n) is 15.1. The quantitative estimate of drug-likeness (QED) is 0.376. The van der Waals surface area contributed by atoms with Crippen LogP contribution < -0.4 is 5.32 Å². The molecule has 2 aromatic rings. The zero-order chi connectivity index (χ0) is 32.2. The lowest BCUT2D eigenvalue weighted by molar-refractivity contribution is 0.0260. The Bertz CT molecular complexity index is 1480. The van der Waals surface area contributed by atoms with Crippen molar-refractivity contribution in [2.45, 2.75) is 79.2 Å². The maximum atomic E-state index is 14.1. The molecule has 0 spiro atoms. The molecule has 0 unspecified atom stereocenters. The molecule has 0 atom stereocenters. The number of benzene rings is 2. The van der Waals surface area contributed by atoms with E-state index in [2.05, 4.69) is 5.32 Å². The molecule has 8 nitrogen and oxygen atoms in total. The van der Waals surface area contributed by atoms with Crippen LogP contribution >= 0.6 is 0 Å². The lowest BCUT2D eigenvalue weighted by atomic mass is 9.94. The average molecular weight is 606 g/mol. The van der Waals surface area contributed by atoms with E-state index in [4.69, 9.17) is 9.47 Å². The number of halogens is 1. The molecule has 3 amide bonds. The minimum atomic E-state index is -0.777. The standard InChI is InChI=1S/C35H44FN3O5/c1-23-20-28(9-11-29(23)25-14-18-39(19-15-25)33(42)44-35(5,6)7)37-31(40)30-10-8-26(21-27(30)22-36)24-12-16-38(17-13-24)32(41)43-34(2,3)4/h8-12,14,20-21H,13,15-19,22H2,1-7H3,(H,37,40). The predicted molar refractivity (Wildman–Crippen MR) is 171 cm³/mol. The molecular weight excluding hydrogens is 561 g/mol. The molecule has 4 rings (SSSR count). The highest BCUT2D eigenvalue weighted by Gasteiger charge is 2.26. The Labute approximate surface area is 259 Å². The predicted octanol–water partition coefficient (Wildman–Crippen LogP) is 7.77. The summed E-state index contributed by atoms with van der Waals surface area (Å²) in [6, 6.07) is 10.9. The number of carbonyl (C=O) groups excluding carboxylic acids is 3. The summed E-state index contributed by atoms with van der Waals surface area (Å²) in [6.45, 7) is 14.2. The molecule has 2 aliphatic heterocycles. The second kappa shape index (κ2) is 13.2. The number of hydrogen-bond acceptors (Lipinski definition) is 5. The van der Waals surface area contributed by atoms with Gasteiger partial charge in [0.1, 0.15) is 17.9 Å². The van der Waals surface area contributed by atoms with Gasteiger partial charge >= 0.3 is 12.2 Å². The van der Waals surface area contributed by atoms with Crippen molar-refractivity contribution in [2.75, 3.05) is 31.5 Å². The van der Waals surface area contributed by atoms with Crippen molar-refractivity contribution in [3.63, 3.8) is 0 Å². The molecule has 0 aliphatic carbocycles. The van der Waals surface area contributed by atoms with E-state index in [9.17, 15) is 18.8 Å². The van der Waals surface area contributed by atoms with Gasteiger partial charge < -0.3 is 24.6 Å². The van der Waals surface area contributed by atoms with Crippen molar-refractivity contribution in [3.05, 3.63) is 76.4 Å². The minimum absolute atomic E-state index is 0.280. The van der Waals surface area contributed by atoms with E-state index in [1.54, 1.807) is 21.9 Å². The van der Waals surface area contributed by atoms with Crippen LogP contribution in [0.3, 0.4) is 0 Å². The highest BCUT2D eigenvalue weighted by molar-refractivity contribution is 6.05. The molecule has 44 heavy (non-hydrogen) atoms. The van der Waals surface area contributed by atoms with Gasteiger partial charge in [0.2, 0.25) is 0 Å². The van der Waals surface area contributed by atoms with Crippen LogP contribution in [0.5, 0.6) is 0 Å². The largest absolute Gasteiger partial charge is 0.444 e. The molecule has 0 bridgehead atoms. The van der Waals surface area contributed by atoms with Crippen LogP contribution in [0.2, 0.25) is 0 Å². The van der Waals surface area contributed by atoms with E-state index >= 15 is 0 Å². The highest BCUT2D eigenvalue weighted by atomic mass is 19.1. The van der Waals surface area contributed by atoms with E-state index in [0.29, 0.717) is 50.3 Å². The second-order valence-corrected chi connectivity index (χ2v) is 13.3. The van der Waals surface area contributed by atoms with Crippen molar-refractivity contribution in [3.8, 4) is 0 Å². The summed E-state index contributed by atoms with van der Waals surface area (Å²) in [5.41, 5.74) is 5.15. The van der Waals surface area contributed by atoms with E-state index in [1.165, 1.54) is 0 Å². The topological polar surface area (TPSA) is 88.2 Å². The van der Waals surface area contributed by atoms with Gasteiger partial charge in [-0.3, -0.25) is 4.79 Å². The van der Waals surface area contributed by atoms with Crippen LogP contribution in [0.15, 0.2) is 48.6 Å². The molecule has 0 radical (unpaired) electrons. The van der Waals surface area contributed by atoms with Gasteiger partial charge in [-0.25, -0.2) is 14.0 Å². The number of anilines is 1. The Morgan fingerprint density at radius 3 is 1.86 bits per heavy atom. The van der Waals surface area contributed by atoms with Gasteiger partial charge in [0.05, 0.1) is 0 Å². The monoisotopic (exact) mass is 605 g/mol. The van der Waals surface area contributed by atoms with Gasteiger partial charge in [-0.2, -0.15) is 0 Å². The zero-order valence-electron chi connectivity index (χ0n) is 26.9. The summed E-state index contributed by atoms with van der Waals surface area (Å²) < 4.78 is 25.1. The number of carbonyl (C=O) groups is 3. The third-order valence-corrected chi connectivity index (χ3v) is 7.42. The van der Waals surface area contributed by atoms with Crippen molar-refractivity contribution < 1.29 is 28.2 Å². The Kier molecular flexibility index (Phi) is 9.86. The first-order chi connectivity index (χ1) is 20.6. The Hall–Kier alpha value is -4.14. The van der Waals surface area contributed by atoms with Crippen LogP contribution in [0.25, 0.3) is 11.1 Å². The summed E-state index contributed by atoms with van der Waals surface area (Å²) in [7, 11) is 0. The fraction of sp³-hybridized carbons (Fsp3) is 0.457. The second-order valence-electron chi connectivity index (χ2n) is 13.3. The highest BCUT2D eigenvalue weighted by Crippen LogP contribution is 2.29. The summed E-state index contributed by atoms with van der Waals surface area (Å²) in [6.07, 6.45) is 4.63. The number of amides is 3. The van der Waals surface area contributed by atoms with E-state index in [1.807, 2.05) is 84.9 Å². The van der Waals surface area contributed by atoms with Gasteiger partial charge in [-0.1, -0.05) is 24.3 Å². The van der Waals surface area contributed by atoms with E-state index in [0.717, 1.165) is 27.8 Å². The number of rotatable bonds is 5. The molecule has 2 heterocycles. The normalized spacial score (nSPS) is 15.7. The Morgan fingerprint density at radius 1 is 0.818 bits per heavy atom. The number of nitrogens with zero attached hydrogens (tertiary/aromatic N) is 2. The maximum absolute atomic E-state index is 14.1. The summed E-state index contributed by atoms with van der Waals surface area (Å²) in [4.78, 5) is 41.3. The van der Waals surface area contributed by atoms with Crippen LogP contribution in [0, 0.1) is 6.92 Å². The zero-order valence-corrected chi connectivity index (χ0v) is 26.9. The van der Waals surface area contributed by atoms with Gasteiger partial charge in [0.25, 0.3) is 5.91 Å². The van der Waals surface area contributed by atoms with Gasteiger partial charge in [-0.15, -0.1) is 0 Å². The SMILES string of the molecule is Cc1cc(NC(=O)c2ccc(C3=CCN(C(=O)OC(C)(C)C)CC3)cc2CF)ccc1C1=CCN(C(=O)OC(C)(C)C)CC1. The molecular formula is C35H44FN3O5. The number of ether oxygens (including phenoxy) is 2. The van der Waals surface area contributed by atoms with Gasteiger partial charge in [0, 0.05) is 37.4 Å². The van der Waals surface area contributed by atoms with Gasteiger partial charge in [0.15, 0.2) is 0 Å². The van der Waals surface area contributed by atoms with Crippen molar-refractivity contribution in [2.24, 2.45) is 0 Å². The van der Waals surface area contributed by atoms with E-state index in [-0.39, 0.29) is 23.7 Å². The lowest BCUT2D eigenvalue weighted by Crippen LogP contribution is -2.39. The maximum Gasteiger partial charge on any atom is 0.410 e. The molecule has 0 fully saturated rings. The molecule has 0 aromatic heterocycles. The summed E-state index contributed by atoms with van der Waals surface area (Å²) in [5, 5.41) is 2.92. The molecule has 2 aromatic carbocycles. The summed E-state index contributed by atoms with van der Waals surface area (Å²) >= 11 is 0. The first kappa shape index (κ1) is 32.8. The van der Waals surface area contributed by atoms with Crippen LogP contribution in [0.1, 0.15) is 87.0 Å². The molecule has 2 aliphatic rings. The number of nitrogens with one attached hydrogen (secondary N) is 1. The average Bonchev–Trinajstić information content (AvgIpc) is 2.95. The molecule has 0 saturated carbocycles. The number of hydrogen-bond donors (Lipinski definition) is 1. The third kappa shape index (κ3) is 8.49. The smallest absolute Gasteiger partial charge is 0.410 e. The molecule has 236 valence electrons. The van der Waals surface area contributed by atoms with Crippen LogP contribution in [-0.4, -0.2) is 65.3 Å². The molecule has 0 saturated heterocycles. The number of alkyl halides is 1. The van der Waals surface area contributed by atoms with Crippen molar-refractivity contribution in [1.29, 1.82) is 0 Å². The fourth-order valence-corrected chi connectivity index (χ4v) is 5.26.